The number of nitrogens with zero attached hydrogens (tertiary/aromatic N) is 4. The van der Waals surface area contributed by atoms with E-state index in [0.29, 0.717) is 0 Å². The summed E-state index contributed by atoms with van der Waals surface area (Å²) in [7, 11) is 0. The zero-order chi connectivity index (χ0) is 15.8. The summed E-state index contributed by atoms with van der Waals surface area (Å²) < 4.78 is 3.84. The number of imidazole rings is 1. The maximum Gasteiger partial charge on any atom is 0.230 e. The number of aromatic nitrogens is 4. The predicted octanol–water partition coefficient (Wildman–Crippen LogP) is 1.84. The summed E-state index contributed by atoms with van der Waals surface area (Å²) in [6.45, 7) is 3.79. The van der Waals surface area contributed by atoms with Gasteiger partial charge in [0.2, 0.25) is 5.91 Å². The van der Waals surface area contributed by atoms with E-state index >= 15 is 0 Å². The lowest BCUT2D eigenvalue weighted by Gasteiger charge is -2.17. The van der Waals surface area contributed by atoms with Crippen LogP contribution in [0.3, 0.4) is 0 Å². The van der Waals surface area contributed by atoms with Crippen molar-refractivity contribution in [2.24, 2.45) is 0 Å². The number of carbonyl (C=O) groups is 1. The van der Waals surface area contributed by atoms with Gasteiger partial charge in [0.25, 0.3) is 0 Å². The number of anilines is 2. The van der Waals surface area contributed by atoms with E-state index in [1.165, 1.54) is 0 Å². The lowest BCUT2D eigenvalue weighted by atomic mass is 10.2. The first-order valence-corrected chi connectivity index (χ1v) is 7.73. The zero-order valence-corrected chi connectivity index (χ0v) is 12.9. The zero-order valence-electron chi connectivity index (χ0n) is 12.9. The molecule has 0 saturated heterocycles. The fraction of sp³-hybridized carbons (Fsp3) is 0.312. The van der Waals surface area contributed by atoms with Gasteiger partial charge in [-0.2, -0.15) is 5.10 Å². The van der Waals surface area contributed by atoms with Crippen LogP contribution >= 0.6 is 0 Å². The molecule has 1 aliphatic heterocycles. The van der Waals surface area contributed by atoms with Gasteiger partial charge in [0.1, 0.15) is 17.2 Å². The van der Waals surface area contributed by atoms with Gasteiger partial charge >= 0.3 is 0 Å². The number of amides is 1. The minimum Gasteiger partial charge on any atom is -0.368 e. The van der Waals surface area contributed by atoms with E-state index in [2.05, 4.69) is 20.7 Å². The normalized spacial score (nSPS) is 13.6. The van der Waals surface area contributed by atoms with Crippen molar-refractivity contribution in [2.75, 3.05) is 17.2 Å². The summed E-state index contributed by atoms with van der Waals surface area (Å²) in [4.78, 5) is 16.8. The molecule has 7 heteroatoms. The Bertz CT molecular complexity index is 878. The summed E-state index contributed by atoms with van der Waals surface area (Å²) in [5.41, 5.74) is 3.59. The molecule has 0 unspecified atom stereocenters. The molecule has 118 valence electrons. The number of pyridine rings is 1. The molecule has 0 radical (unpaired) electrons. The van der Waals surface area contributed by atoms with E-state index in [9.17, 15) is 4.79 Å². The van der Waals surface area contributed by atoms with Crippen LogP contribution in [0.15, 0.2) is 30.7 Å². The second-order valence-corrected chi connectivity index (χ2v) is 5.77. The standard InChI is InChI=1S/C16H18N6O/c1-11-4-2-6-21-12(9-18-15(11)21)8-14(23)20-13-10-19-22-7-3-5-17-16(13)22/h2,4,6,9-10,17H,3,5,7-8H2,1H3,(H,20,23). The van der Waals surface area contributed by atoms with Gasteiger partial charge in [-0.05, 0) is 25.0 Å². The molecule has 7 nitrogen and oxygen atoms in total. The number of nitrogens with one attached hydrogen (secondary N) is 2. The molecule has 0 spiro atoms. The Morgan fingerprint density at radius 1 is 1.43 bits per heavy atom. The highest BCUT2D eigenvalue weighted by molar-refractivity contribution is 5.94. The van der Waals surface area contributed by atoms with E-state index in [1.807, 2.05) is 34.3 Å². The molecule has 0 aliphatic carbocycles. The first-order chi connectivity index (χ1) is 11.2. The van der Waals surface area contributed by atoms with Gasteiger partial charge in [0.05, 0.1) is 18.3 Å². The molecular formula is C16H18N6O. The quantitative estimate of drug-likeness (QED) is 0.774. The number of fused-ring (bicyclic) bond motifs is 2. The number of carbonyl (C=O) groups excluding carboxylic acids is 1. The van der Waals surface area contributed by atoms with Gasteiger partial charge in [-0.15, -0.1) is 0 Å². The minimum absolute atomic E-state index is 0.0727. The van der Waals surface area contributed by atoms with E-state index in [-0.39, 0.29) is 12.3 Å². The molecule has 23 heavy (non-hydrogen) atoms. The first kappa shape index (κ1) is 13.8. The van der Waals surface area contributed by atoms with Gasteiger partial charge in [-0.25, -0.2) is 9.67 Å². The van der Waals surface area contributed by atoms with Crippen LogP contribution in [0.2, 0.25) is 0 Å². The lowest BCUT2D eigenvalue weighted by molar-refractivity contribution is -0.115. The third-order valence-electron chi connectivity index (χ3n) is 4.10. The molecular weight excluding hydrogens is 292 g/mol. The van der Waals surface area contributed by atoms with Crippen LogP contribution in [-0.2, 0) is 17.8 Å². The van der Waals surface area contributed by atoms with Gasteiger partial charge in [0, 0.05) is 25.5 Å². The van der Waals surface area contributed by atoms with Crippen molar-refractivity contribution in [1.82, 2.24) is 19.2 Å². The molecule has 4 heterocycles. The summed E-state index contributed by atoms with van der Waals surface area (Å²) in [6.07, 6.45) is 6.71. The number of hydrogen-bond acceptors (Lipinski definition) is 4. The van der Waals surface area contributed by atoms with Gasteiger partial charge in [-0.3, -0.25) is 4.79 Å². The SMILES string of the molecule is Cc1cccn2c(CC(=O)Nc3cnn4c3NCCC4)cnc12. The van der Waals surface area contributed by atoms with E-state index in [1.54, 1.807) is 12.4 Å². The topological polar surface area (TPSA) is 76.2 Å². The van der Waals surface area contributed by atoms with Crippen LogP contribution in [0.5, 0.6) is 0 Å². The van der Waals surface area contributed by atoms with Crippen molar-refractivity contribution in [3.8, 4) is 0 Å². The Balaban J connectivity index is 1.54. The Morgan fingerprint density at radius 3 is 3.26 bits per heavy atom. The van der Waals surface area contributed by atoms with E-state index in [0.717, 1.165) is 47.9 Å². The lowest BCUT2D eigenvalue weighted by Crippen LogP contribution is -2.20. The molecule has 0 fully saturated rings. The van der Waals surface area contributed by atoms with Crippen LogP contribution in [0.4, 0.5) is 11.5 Å². The van der Waals surface area contributed by atoms with E-state index in [4.69, 9.17) is 0 Å². The molecule has 1 aliphatic rings. The number of aryl methyl sites for hydroxylation is 2. The Morgan fingerprint density at radius 2 is 2.35 bits per heavy atom. The Hall–Kier alpha value is -2.83. The van der Waals surface area contributed by atoms with Crippen molar-refractivity contribution < 1.29 is 4.79 Å². The summed E-state index contributed by atoms with van der Waals surface area (Å²) in [5.74, 6) is 0.815. The highest BCUT2D eigenvalue weighted by atomic mass is 16.1. The van der Waals surface area contributed by atoms with Crippen molar-refractivity contribution in [1.29, 1.82) is 0 Å². The molecule has 4 rings (SSSR count). The highest BCUT2D eigenvalue weighted by Gasteiger charge is 2.17. The number of hydrogen-bond donors (Lipinski definition) is 2. The second kappa shape index (κ2) is 5.42. The van der Waals surface area contributed by atoms with E-state index < -0.39 is 0 Å². The highest BCUT2D eigenvalue weighted by Crippen LogP contribution is 2.24. The maximum atomic E-state index is 12.4. The second-order valence-electron chi connectivity index (χ2n) is 5.77. The maximum absolute atomic E-state index is 12.4. The fourth-order valence-electron chi connectivity index (χ4n) is 2.96. The predicted molar refractivity (Wildman–Crippen MR) is 87.6 cm³/mol. The summed E-state index contributed by atoms with van der Waals surface area (Å²) in [5, 5.41) is 10.5. The average Bonchev–Trinajstić information content (AvgIpc) is 3.14. The van der Waals surface area contributed by atoms with Gasteiger partial charge in [-0.1, -0.05) is 6.07 Å². The van der Waals surface area contributed by atoms with Crippen molar-refractivity contribution in [3.05, 3.63) is 42.0 Å². The van der Waals surface area contributed by atoms with Crippen molar-refractivity contribution in [3.63, 3.8) is 0 Å². The first-order valence-electron chi connectivity index (χ1n) is 7.73. The molecule has 1 amide bonds. The summed E-state index contributed by atoms with van der Waals surface area (Å²) in [6, 6.07) is 3.97. The fourth-order valence-corrected chi connectivity index (χ4v) is 2.96. The summed E-state index contributed by atoms with van der Waals surface area (Å²) >= 11 is 0. The van der Waals surface area contributed by atoms with Gasteiger partial charge < -0.3 is 15.0 Å². The molecule has 2 N–H and O–H groups in total. The molecule has 0 bridgehead atoms. The van der Waals surface area contributed by atoms with Crippen LogP contribution in [0.25, 0.3) is 5.65 Å². The number of rotatable bonds is 3. The van der Waals surface area contributed by atoms with Crippen LogP contribution in [0.1, 0.15) is 17.7 Å². The minimum atomic E-state index is -0.0727. The monoisotopic (exact) mass is 310 g/mol. The van der Waals surface area contributed by atoms with Gasteiger partial charge in [0.15, 0.2) is 0 Å². The Labute approximate surface area is 133 Å². The largest absolute Gasteiger partial charge is 0.368 e. The molecule has 0 atom stereocenters. The molecule has 0 saturated carbocycles. The smallest absolute Gasteiger partial charge is 0.230 e. The van der Waals surface area contributed by atoms with Crippen molar-refractivity contribution in [2.45, 2.75) is 26.3 Å². The third-order valence-corrected chi connectivity index (χ3v) is 4.10. The molecule has 3 aromatic rings. The average molecular weight is 310 g/mol. The molecule has 3 aromatic heterocycles. The van der Waals surface area contributed by atoms with Crippen LogP contribution in [-0.4, -0.2) is 31.6 Å². The third kappa shape index (κ3) is 2.44. The van der Waals surface area contributed by atoms with Crippen LogP contribution in [0, 0.1) is 6.92 Å². The van der Waals surface area contributed by atoms with Crippen molar-refractivity contribution >= 4 is 23.1 Å². The van der Waals surface area contributed by atoms with Crippen LogP contribution < -0.4 is 10.6 Å². The molecule has 0 aromatic carbocycles. The Kier molecular flexibility index (Phi) is 3.25.